The fourth-order valence-electron chi connectivity index (χ4n) is 2.74. The van der Waals surface area contributed by atoms with Crippen LogP contribution in [0.4, 0.5) is 17.2 Å². The molecule has 1 amide bonds. The first kappa shape index (κ1) is 19.1. The molecule has 28 heavy (non-hydrogen) atoms. The second-order valence-electron chi connectivity index (χ2n) is 6.09. The number of esters is 1. The molecule has 3 aromatic rings. The summed E-state index contributed by atoms with van der Waals surface area (Å²) in [6.45, 7) is 2.09. The maximum absolute atomic E-state index is 12.4. The van der Waals surface area contributed by atoms with E-state index in [0.29, 0.717) is 22.6 Å². The Morgan fingerprint density at radius 1 is 1.00 bits per heavy atom. The zero-order chi connectivity index (χ0) is 19.9. The Balaban J connectivity index is 1.69. The second-order valence-corrected chi connectivity index (χ2v) is 6.09. The third-order valence-corrected chi connectivity index (χ3v) is 4.23. The van der Waals surface area contributed by atoms with Gasteiger partial charge in [0, 0.05) is 17.6 Å². The van der Waals surface area contributed by atoms with Gasteiger partial charge in [-0.2, -0.15) is 0 Å². The Kier molecular flexibility index (Phi) is 6.01. The minimum atomic E-state index is -0.458. The smallest absolute Gasteiger partial charge is 0.337 e. The highest BCUT2D eigenvalue weighted by atomic mass is 16.5. The van der Waals surface area contributed by atoms with Crippen LogP contribution in [0.3, 0.4) is 0 Å². The normalized spacial score (nSPS) is 10.2. The molecule has 0 radical (unpaired) electrons. The van der Waals surface area contributed by atoms with Gasteiger partial charge < -0.3 is 15.4 Å². The van der Waals surface area contributed by atoms with Crippen LogP contribution in [0.5, 0.6) is 0 Å². The molecule has 0 atom stereocenters. The molecule has 142 valence electrons. The lowest BCUT2D eigenvalue weighted by molar-refractivity contribution is 0.0600. The van der Waals surface area contributed by atoms with Crippen molar-refractivity contribution in [2.45, 2.75) is 13.3 Å². The van der Waals surface area contributed by atoms with Crippen LogP contribution < -0.4 is 10.6 Å². The van der Waals surface area contributed by atoms with Gasteiger partial charge in [0.05, 0.1) is 18.2 Å². The van der Waals surface area contributed by atoms with Gasteiger partial charge in [-0.25, -0.2) is 9.78 Å². The van der Waals surface area contributed by atoms with Crippen molar-refractivity contribution in [3.05, 3.63) is 83.6 Å². The number of nitrogens with zero attached hydrogens (tertiary/aromatic N) is 1. The molecule has 0 aliphatic rings. The molecule has 1 aromatic heterocycles. The number of aryl methyl sites for hydroxylation is 1. The summed E-state index contributed by atoms with van der Waals surface area (Å²) in [6, 6.07) is 18.0. The Morgan fingerprint density at radius 3 is 2.54 bits per heavy atom. The molecule has 0 saturated carbocycles. The van der Waals surface area contributed by atoms with Crippen molar-refractivity contribution in [3.63, 3.8) is 0 Å². The minimum absolute atomic E-state index is 0.310. The van der Waals surface area contributed by atoms with E-state index in [1.54, 1.807) is 36.4 Å². The van der Waals surface area contributed by atoms with Crippen LogP contribution in [0.2, 0.25) is 0 Å². The SMILES string of the molecule is CCc1ccccc1Nc1ccc(C(=O)Nc2cccc(C(=O)OC)c2)cn1. The van der Waals surface area contributed by atoms with Crippen molar-refractivity contribution in [2.24, 2.45) is 0 Å². The van der Waals surface area contributed by atoms with Crippen LogP contribution in [-0.4, -0.2) is 24.0 Å². The number of carbonyl (C=O) groups excluding carboxylic acids is 2. The fraction of sp³-hybridized carbons (Fsp3) is 0.136. The first-order valence-corrected chi connectivity index (χ1v) is 8.91. The summed E-state index contributed by atoms with van der Waals surface area (Å²) in [5.41, 5.74) is 3.48. The number of anilines is 3. The van der Waals surface area contributed by atoms with E-state index >= 15 is 0 Å². The highest BCUT2D eigenvalue weighted by Gasteiger charge is 2.10. The van der Waals surface area contributed by atoms with Gasteiger partial charge in [-0.3, -0.25) is 4.79 Å². The number of rotatable bonds is 6. The van der Waals surface area contributed by atoms with Gasteiger partial charge in [-0.15, -0.1) is 0 Å². The molecule has 0 aliphatic heterocycles. The predicted molar refractivity (Wildman–Crippen MR) is 109 cm³/mol. The van der Waals surface area contributed by atoms with Gasteiger partial charge in [-0.05, 0) is 48.4 Å². The molecule has 0 fully saturated rings. The molecule has 6 heteroatoms. The van der Waals surface area contributed by atoms with Crippen molar-refractivity contribution in [1.82, 2.24) is 4.98 Å². The number of benzene rings is 2. The molecular formula is C22H21N3O3. The van der Waals surface area contributed by atoms with Crippen LogP contribution in [-0.2, 0) is 11.2 Å². The number of pyridine rings is 1. The maximum Gasteiger partial charge on any atom is 0.337 e. The molecule has 6 nitrogen and oxygen atoms in total. The van der Waals surface area contributed by atoms with Gasteiger partial charge in [-0.1, -0.05) is 31.2 Å². The maximum atomic E-state index is 12.4. The van der Waals surface area contributed by atoms with E-state index in [-0.39, 0.29) is 5.91 Å². The lowest BCUT2D eigenvalue weighted by atomic mass is 10.1. The largest absolute Gasteiger partial charge is 0.465 e. The average Bonchev–Trinajstić information content (AvgIpc) is 2.74. The molecule has 3 rings (SSSR count). The highest BCUT2D eigenvalue weighted by molar-refractivity contribution is 6.04. The van der Waals surface area contributed by atoms with Crippen molar-refractivity contribution in [1.29, 1.82) is 0 Å². The average molecular weight is 375 g/mol. The van der Waals surface area contributed by atoms with Gasteiger partial charge in [0.2, 0.25) is 0 Å². The summed E-state index contributed by atoms with van der Waals surface area (Å²) in [5, 5.41) is 6.03. The summed E-state index contributed by atoms with van der Waals surface area (Å²) in [4.78, 5) is 28.4. The lowest BCUT2D eigenvalue weighted by Crippen LogP contribution is -2.13. The van der Waals surface area contributed by atoms with Crippen LogP contribution >= 0.6 is 0 Å². The van der Waals surface area contributed by atoms with Gasteiger partial charge >= 0.3 is 5.97 Å². The van der Waals surface area contributed by atoms with E-state index in [1.165, 1.54) is 18.9 Å². The second kappa shape index (κ2) is 8.81. The number of hydrogen-bond acceptors (Lipinski definition) is 5. The monoisotopic (exact) mass is 375 g/mol. The molecule has 1 heterocycles. The highest BCUT2D eigenvalue weighted by Crippen LogP contribution is 2.20. The molecule has 0 aliphatic carbocycles. The molecule has 2 N–H and O–H groups in total. The third-order valence-electron chi connectivity index (χ3n) is 4.23. The van der Waals surface area contributed by atoms with E-state index in [1.807, 2.05) is 18.2 Å². The fourth-order valence-corrected chi connectivity index (χ4v) is 2.74. The number of nitrogens with one attached hydrogen (secondary N) is 2. The number of methoxy groups -OCH3 is 1. The van der Waals surface area contributed by atoms with Crippen molar-refractivity contribution in [3.8, 4) is 0 Å². The van der Waals surface area contributed by atoms with Gasteiger partial charge in [0.1, 0.15) is 5.82 Å². The number of carbonyl (C=O) groups is 2. The topological polar surface area (TPSA) is 80.3 Å². The van der Waals surface area contributed by atoms with E-state index in [0.717, 1.165) is 12.1 Å². The number of amides is 1. The van der Waals surface area contributed by atoms with Crippen LogP contribution in [0.25, 0.3) is 0 Å². The standard InChI is InChI=1S/C22H21N3O3/c1-3-15-7-4-5-10-19(15)25-20-12-11-17(14-23-20)21(26)24-18-9-6-8-16(13-18)22(27)28-2/h4-14H,3H2,1-2H3,(H,23,25)(H,24,26). The lowest BCUT2D eigenvalue weighted by Gasteiger charge is -2.11. The third kappa shape index (κ3) is 4.54. The van der Waals surface area contributed by atoms with Crippen molar-refractivity contribution in [2.75, 3.05) is 17.7 Å². The Bertz CT molecular complexity index is 984. The molecule has 0 unspecified atom stereocenters. The first-order chi connectivity index (χ1) is 13.6. The minimum Gasteiger partial charge on any atom is -0.465 e. The van der Waals surface area contributed by atoms with E-state index in [9.17, 15) is 9.59 Å². The predicted octanol–water partition coefficient (Wildman–Crippen LogP) is 4.43. The zero-order valence-electron chi connectivity index (χ0n) is 15.7. The quantitative estimate of drug-likeness (QED) is 0.623. The molecular weight excluding hydrogens is 354 g/mol. The number of ether oxygens (including phenoxy) is 1. The van der Waals surface area contributed by atoms with Crippen LogP contribution in [0.1, 0.15) is 33.2 Å². The first-order valence-electron chi connectivity index (χ1n) is 8.91. The molecule has 0 bridgehead atoms. The number of para-hydroxylation sites is 1. The summed E-state index contributed by atoms with van der Waals surface area (Å²) < 4.78 is 4.69. The van der Waals surface area contributed by atoms with Gasteiger partial charge in [0.25, 0.3) is 5.91 Å². The molecule has 0 saturated heterocycles. The zero-order valence-corrected chi connectivity index (χ0v) is 15.7. The Hall–Kier alpha value is -3.67. The summed E-state index contributed by atoms with van der Waals surface area (Å²) >= 11 is 0. The number of hydrogen-bond donors (Lipinski definition) is 2. The van der Waals surface area contributed by atoms with E-state index in [2.05, 4.69) is 28.6 Å². The Morgan fingerprint density at radius 2 is 1.82 bits per heavy atom. The van der Waals surface area contributed by atoms with E-state index in [4.69, 9.17) is 4.74 Å². The molecule has 2 aromatic carbocycles. The Labute approximate surface area is 163 Å². The van der Waals surface area contributed by atoms with Gasteiger partial charge in [0.15, 0.2) is 0 Å². The van der Waals surface area contributed by atoms with E-state index < -0.39 is 5.97 Å². The summed E-state index contributed by atoms with van der Waals surface area (Å²) in [7, 11) is 1.31. The van der Waals surface area contributed by atoms with Crippen molar-refractivity contribution >= 4 is 29.1 Å². The van der Waals surface area contributed by atoms with Crippen LogP contribution in [0.15, 0.2) is 66.9 Å². The molecule has 0 spiro atoms. The summed E-state index contributed by atoms with van der Waals surface area (Å²) in [6.07, 6.45) is 2.42. The van der Waals surface area contributed by atoms with Crippen molar-refractivity contribution < 1.29 is 14.3 Å². The number of aromatic nitrogens is 1. The summed E-state index contributed by atoms with van der Waals surface area (Å²) in [5.74, 6) is -0.110. The van der Waals surface area contributed by atoms with Crippen LogP contribution in [0, 0.1) is 0 Å².